The maximum Gasteiger partial charge on any atom is 0.339 e. The smallest absolute Gasteiger partial charge is 0.339 e. The van der Waals surface area contributed by atoms with E-state index in [9.17, 15) is 22.0 Å². The molecule has 0 radical (unpaired) electrons. The fourth-order valence-electron chi connectivity index (χ4n) is 1.35. The minimum absolute atomic E-state index is 0.480. The molecule has 0 saturated heterocycles. The van der Waals surface area contributed by atoms with Gasteiger partial charge in [-0.3, -0.25) is 0 Å². The molecular weight excluding hydrogens is 275 g/mol. The first-order chi connectivity index (χ1) is 8.27. The zero-order valence-corrected chi connectivity index (χ0v) is 10.9. The SMILES string of the molecule is CO[Si](C)(Cc1c(F)c(F)c(F)c(F)c1F)OC. The highest BCUT2D eigenvalue weighted by molar-refractivity contribution is 6.65. The molecule has 0 bridgehead atoms. The van der Waals surface area contributed by atoms with Gasteiger partial charge in [0.1, 0.15) is 0 Å². The lowest BCUT2D eigenvalue weighted by atomic mass is 10.2. The standard InChI is InChI=1S/C10H11F5O2Si/c1-16-18(3,17-2)4-5-6(11)8(13)10(15)9(14)7(5)12/h4H2,1-3H3. The molecule has 18 heavy (non-hydrogen) atoms. The summed E-state index contributed by atoms with van der Waals surface area (Å²) < 4.78 is 75.4. The van der Waals surface area contributed by atoms with Crippen LogP contribution in [0, 0.1) is 29.1 Å². The van der Waals surface area contributed by atoms with E-state index in [1.165, 1.54) is 20.8 Å². The second-order valence-corrected chi connectivity index (χ2v) is 7.20. The maximum absolute atomic E-state index is 13.4. The third kappa shape index (κ3) is 2.55. The van der Waals surface area contributed by atoms with Crippen molar-refractivity contribution in [1.29, 1.82) is 0 Å². The molecule has 0 atom stereocenters. The third-order valence-corrected chi connectivity index (χ3v) is 5.39. The van der Waals surface area contributed by atoms with Crippen molar-refractivity contribution in [2.45, 2.75) is 12.6 Å². The lowest BCUT2D eigenvalue weighted by Crippen LogP contribution is -2.40. The van der Waals surface area contributed by atoms with Crippen molar-refractivity contribution in [1.82, 2.24) is 0 Å². The van der Waals surface area contributed by atoms with E-state index in [0.29, 0.717) is 0 Å². The van der Waals surface area contributed by atoms with Crippen LogP contribution in [0.25, 0.3) is 0 Å². The van der Waals surface area contributed by atoms with Crippen LogP contribution in [-0.4, -0.2) is 22.8 Å². The third-order valence-electron chi connectivity index (χ3n) is 2.66. The van der Waals surface area contributed by atoms with E-state index in [0.717, 1.165) is 0 Å². The minimum atomic E-state index is -3.00. The molecule has 0 aliphatic rings. The average Bonchev–Trinajstić information content (AvgIpc) is 2.39. The Balaban J connectivity index is 3.34. The van der Waals surface area contributed by atoms with Crippen molar-refractivity contribution in [3.8, 4) is 0 Å². The van der Waals surface area contributed by atoms with Gasteiger partial charge in [-0.15, -0.1) is 0 Å². The highest BCUT2D eigenvalue weighted by atomic mass is 28.4. The van der Waals surface area contributed by atoms with E-state index in [2.05, 4.69) is 0 Å². The zero-order chi connectivity index (χ0) is 14.1. The Morgan fingerprint density at radius 1 is 0.778 bits per heavy atom. The van der Waals surface area contributed by atoms with Crippen LogP contribution in [0.5, 0.6) is 0 Å². The van der Waals surface area contributed by atoms with Gasteiger partial charge in [-0.1, -0.05) is 0 Å². The molecule has 0 spiro atoms. The fraction of sp³-hybridized carbons (Fsp3) is 0.400. The molecule has 0 N–H and O–H groups in total. The Morgan fingerprint density at radius 3 is 1.44 bits per heavy atom. The molecule has 2 nitrogen and oxygen atoms in total. The summed E-state index contributed by atoms with van der Waals surface area (Å²) in [5, 5.41) is 0. The Kier molecular flexibility index (Phi) is 4.46. The monoisotopic (exact) mass is 286 g/mol. The summed E-state index contributed by atoms with van der Waals surface area (Å²) in [6, 6.07) is -0.480. The number of rotatable bonds is 4. The number of halogens is 5. The van der Waals surface area contributed by atoms with Gasteiger partial charge in [-0.25, -0.2) is 22.0 Å². The summed E-state index contributed by atoms with van der Waals surface area (Å²) in [6.07, 6.45) is 0. The summed E-state index contributed by atoms with van der Waals surface area (Å²) >= 11 is 0. The molecule has 1 aromatic carbocycles. The summed E-state index contributed by atoms with van der Waals surface area (Å²) in [5.41, 5.74) is -0.913. The molecule has 0 unspecified atom stereocenters. The summed E-state index contributed by atoms with van der Waals surface area (Å²) in [6.45, 7) is 1.45. The summed E-state index contributed by atoms with van der Waals surface area (Å²) in [5.74, 6) is -9.80. The second kappa shape index (κ2) is 5.33. The number of hydrogen-bond acceptors (Lipinski definition) is 2. The molecule has 0 aromatic heterocycles. The first-order valence-corrected chi connectivity index (χ1v) is 7.40. The lowest BCUT2D eigenvalue weighted by molar-refractivity contribution is 0.247. The van der Waals surface area contributed by atoms with Gasteiger partial charge in [-0.05, 0) is 6.55 Å². The fourth-order valence-corrected chi connectivity index (χ4v) is 2.76. The van der Waals surface area contributed by atoms with Gasteiger partial charge in [0.05, 0.1) is 0 Å². The van der Waals surface area contributed by atoms with Crippen molar-refractivity contribution >= 4 is 8.56 Å². The van der Waals surface area contributed by atoms with E-state index in [-0.39, 0.29) is 0 Å². The van der Waals surface area contributed by atoms with Crippen molar-refractivity contribution in [2.24, 2.45) is 0 Å². The van der Waals surface area contributed by atoms with Gasteiger partial charge >= 0.3 is 8.56 Å². The Bertz CT molecular complexity index is 433. The van der Waals surface area contributed by atoms with Crippen molar-refractivity contribution < 1.29 is 30.8 Å². The van der Waals surface area contributed by atoms with E-state index in [4.69, 9.17) is 8.85 Å². The predicted molar refractivity (Wildman–Crippen MR) is 55.6 cm³/mol. The van der Waals surface area contributed by atoms with Gasteiger partial charge in [-0.2, -0.15) is 0 Å². The highest BCUT2D eigenvalue weighted by Gasteiger charge is 2.35. The second-order valence-electron chi connectivity index (χ2n) is 3.77. The minimum Gasteiger partial charge on any atom is -0.398 e. The largest absolute Gasteiger partial charge is 0.398 e. The summed E-state index contributed by atoms with van der Waals surface area (Å²) in [4.78, 5) is 0. The molecule has 102 valence electrons. The van der Waals surface area contributed by atoms with Crippen LogP contribution in [0.3, 0.4) is 0 Å². The average molecular weight is 286 g/mol. The van der Waals surface area contributed by atoms with Crippen LogP contribution in [0.2, 0.25) is 6.55 Å². The van der Waals surface area contributed by atoms with E-state index >= 15 is 0 Å². The number of hydrogen-bond donors (Lipinski definition) is 0. The molecule has 0 saturated carbocycles. The first-order valence-electron chi connectivity index (χ1n) is 4.88. The van der Waals surface area contributed by atoms with Crippen molar-refractivity contribution in [3.05, 3.63) is 34.6 Å². The van der Waals surface area contributed by atoms with Crippen molar-refractivity contribution in [3.63, 3.8) is 0 Å². The topological polar surface area (TPSA) is 18.5 Å². The maximum atomic E-state index is 13.4. The van der Waals surface area contributed by atoms with E-state index in [1.54, 1.807) is 0 Å². The van der Waals surface area contributed by atoms with Gasteiger partial charge in [0.2, 0.25) is 5.82 Å². The molecule has 0 aliphatic heterocycles. The Morgan fingerprint density at radius 2 is 1.11 bits per heavy atom. The molecule has 0 fully saturated rings. The molecular formula is C10H11F5O2Si. The lowest BCUT2D eigenvalue weighted by Gasteiger charge is -2.23. The van der Waals surface area contributed by atoms with Crippen LogP contribution in [0.4, 0.5) is 22.0 Å². The molecule has 1 rings (SSSR count). The number of benzene rings is 1. The Hall–Kier alpha value is -0.993. The van der Waals surface area contributed by atoms with Gasteiger partial charge in [0.25, 0.3) is 0 Å². The Labute approximate surface area is 102 Å². The van der Waals surface area contributed by atoms with Crippen LogP contribution in [0.1, 0.15) is 5.56 Å². The van der Waals surface area contributed by atoms with Gasteiger partial charge in [0, 0.05) is 25.8 Å². The van der Waals surface area contributed by atoms with Gasteiger partial charge in [0.15, 0.2) is 23.3 Å². The van der Waals surface area contributed by atoms with E-state index in [1.807, 2.05) is 0 Å². The molecule has 8 heteroatoms. The normalized spacial score (nSPS) is 12.0. The van der Waals surface area contributed by atoms with Gasteiger partial charge < -0.3 is 8.85 Å². The molecule has 0 aliphatic carbocycles. The van der Waals surface area contributed by atoms with Crippen LogP contribution >= 0.6 is 0 Å². The first kappa shape index (κ1) is 15.1. The quantitative estimate of drug-likeness (QED) is 0.367. The van der Waals surface area contributed by atoms with Crippen LogP contribution < -0.4 is 0 Å². The van der Waals surface area contributed by atoms with E-state index < -0.39 is 49.3 Å². The zero-order valence-electron chi connectivity index (χ0n) is 9.91. The molecule has 0 heterocycles. The molecule has 1 aromatic rings. The predicted octanol–water partition coefficient (Wildman–Crippen LogP) is 2.83. The summed E-state index contributed by atoms with van der Waals surface area (Å²) in [7, 11) is -0.496. The van der Waals surface area contributed by atoms with Crippen LogP contribution in [0.15, 0.2) is 0 Å². The highest BCUT2D eigenvalue weighted by Crippen LogP contribution is 2.26. The van der Waals surface area contributed by atoms with Crippen LogP contribution in [-0.2, 0) is 14.9 Å². The van der Waals surface area contributed by atoms with Crippen molar-refractivity contribution in [2.75, 3.05) is 14.2 Å². The molecule has 0 amide bonds.